The van der Waals surface area contributed by atoms with Crippen LogP contribution in [0, 0.1) is 6.92 Å². The first-order valence-corrected chi connectivity index (χ1v) is 8.51. The quantitative estimate of drug-likeness (QED) is 0.936. The maximum absolute atomic E-state index is 12.7. The molecule has 0 saturated carbocycles. The molecule has 24 heavy (non-hydrogen) atoms. The summed E-state index contributed by atoms with van der Waals surface area (Å²) in [4.78, 5) is 27.7. The maximum atomic E-state index is 12.7. The van der Waals surface area contributed by atoms with Crippen molar-refractivity contribution in [2.45, 2.75) is 39.2 Å². The molecule has 0 spiro atoms. The van der Waals surface area contributed by atoms with Gasteiger partial charge in [0.25, 0.3) is 5.91 Å². The molecule has 6 nitrogen and oxygen atoms in total. The van der Waals surface area contributed by atoms with Crippen LogP contribution in [0.25, 0.3) is 0 Å². The van der Waals surface area contributed by atoms with Gasteiger partial charge in [-0.2, -0.15) is 0 Å². The van der Waals surface area contributed by atoms with Gasteiger partial charge in [-0.05, 0) is 38.0 Å². The fourth-order valence-corrected chi connectivity index (χ4v) is 2.87. The van der Waals surface area contributed by atoms with Crippen LogP contribution in [-0.4, -0.2) is 38.8 Å². The van der Waals surface area contributed by atoms with Crippen LogP contribution in [0.15, 0.2) is 30.5 Å². The van der Waals surface area contributed by atoms with Crippen molar-refractivity contribution in [3.05, 3.63) is 47.5 Å². The minimum Gasteiger partial charge on any atom is -0.349 e. The van der Waals surface area contributed by atoms with Crippen molar-refractivity contribution in [1.29, 1.82) is 0 Å². The lowest BCUT2D eigenvalue weighted by Gasteiger charge is -2.20. The van der Waals surface area contributed by atoms with Crippen LogP contribution < -0.4 is 5.32 Å². The summed E-state index contributed by atoms with van der Waals surface area (Å²) in [5.74, 6) is 0.474. The average Bonchev–Trinajstić information content (AvgIpc) is 2.89. The lowest BCUT2D eigenvalue weighted by molar-refractivity contribution is 0.0755. The number of likely N-dealkylation sites (tertiary alicyclic amines) is 1. The van der Waals surface area contributed by atoms with Crippen LogP contribution in [0.1, 0.15) is 47.6 Å². The molecule has 126 valence electrons. The molecule has 2 aromatic heterocycles. The van der Waals surface area contributed by atoms with Crippen molar-refractivity contribution in [1.82, 2.24) is 19.9 Å². The Balaban J connectivity index is 1.72. The van der Waals surface area contributed by atoms with Gasteiger partial charge in [-0.15, -0.1) is 0 Å². The molecule has 0 radical (unpaired) electrons. The van der Waals surface area contributed by atoms with E-state index in [0.29, 0.717) is 18.2 Å². The molecule has 0 aliphatic carbocycles. The lowest BCUT2D eigenvalue weighted by atomic mass is 10.2. The minimum absolute atomic E-state index is 0.00304. The molecule has 1 amide bonds. The molecule has 0 atom stereocenters. The van der Waals surface area contributed by atoms with Crippen molar-refractivity contribution in [2.75, 3.05) is 18.4 Å². The predicted octanol–water partition coefficient (Wildman–Crippen LogP) is 2.81. The maximum Gasteiger partial charge on any atom is 0.272 e. The van der Waals surface area contributed by atoms with Crippen molar-refractivity contribution in [3.8, 4) is 0 Å². The Bertz CT molecular complexity index is 681. The smallest absolute Gasteiger partial charge is 0.272 e. The number of pyridine rings is 1. The number of carbonyl (C=O) groups is 1. The number of aromatic nitrogens is 3. The third-order valence-corrected chi connectivity index (χ3v) is 4.12. The first-order valence-electron chi connectivity index (χ1n) is 8.51. The molecule has 3 rings (SSSR count). The van der Waals surface area contributed by atoms with Crippen LogP contribution in [0.2, 0.25) is 0 Å². The van der Waals surface area contributed by atoms with E-state index in [9.17, 15) is 4.79 Å². The monoisotopic (exact) mass is 325 g/mol. The van der Waals surface area contributed by atoms with E-state index in [2.05, 4.69) is 20.3 Å². The normalized spacial score (nSPS) is 15.0. The molecule has 1 saturated heterocycles. The van der Waals surface area contributed by atoms with Gasteiger partial charge in [-0.3, -0.25) is 9.78 Å². The molecule has 1 fully saturated rings. The Hall–Kier alpha value is -2.50. The Morgan fingerprint density at radius 3 is 2.67 bits per heavy atom. The molecule has 1 aliphatic heterocycles. The highest BCUT2D eigenvalue weighted by Gasteiger charge is 2.19. The Labute approximate surface area is 142 Å². The first-order chi connectivity index (χ1) is 11.7. The zero-order chi connectivity index (χ0) is 16.8. The first kappa shape index (κ1) is 16.4. The summed E-state index contributed by atoms with van der Waals surface area (Å²) in [6, 6.07) is 7.52. The zero-order valence-electron chi connectivity index (χ0n) is 14.0. The largest absolute Gasteiger partial charge is 0.349 e. The number of anilines is 1. The van der Waals surface area contributed by atoms with Crippen molar-refractivity contribution >= 4 is 11.9 Å². The topological polar surface area (TPSA) is 71.0 Å². The average molecular weight is 325 g/mol. The summed E-state index contributed by atoms with van der Waals surface area (Å²) < 4.78 is 0. The second-order valence-electron chi connectivity index (χ2n) is 6.10. The highest BCUT2D eigenvalue weighted by Crippen LogP contribution is 2.14. The standard InChI is InChI=1S/C18H23N5O/c1-14-12-16(17(24)23-10-6-2-3-7-11-23)22-18(21-14)20-13-15-8-4-5-9-19-15/h4-5,8-9,12H,2-3,6-7,10-11,13H2,1H3,(H,20,21,22). The molecule has 1 N–H and O–H groups in total. The van der Waals surface area contributed by atoms with Crippen molar-refractivity contribution in [2.24, 2.45) is 0 Å². The number of carbonyl (C=O) groups excluding carboxylic acids is 1. The van der Waals surface area contributed by atoms with E-state index in [0.717, 1.165) is 37.3 Å². The lowest BCUT2D eigenvalue weighted by Crippen LogP contribution is -2.32. The number of nitrogens with zero attached hydrogens (tertiary/aromatic N) is 4. The highest BCUT2D eigenvalue weighted by atomic mass is 16.2. The fourth-order valence-electron chi connectivity index (χ4n) is 2.87. The van der Waals surface area contributed by atoms with E-state index >= 15 is 0 Å². The molecular formula is C18H23N5O. The summed E-state index contributed by atoms with van der Waals surface area (Å²) in [6.45, 7) is 4.05. The van der Waals surface area contributed by atoms with E-state index in [-0.39, 0.29) is 5.91 Å². The van der Waals surface area contributed by atoms with Crippen LogP contribution in [0.4, 0.5) is 5.95 Å². The van der Waals surface area contributed by atoms with Crippen LogP contribution in [0.5, 0.6) is 0 Å². The van der Waals surface area contributed by atoms with Gasteiger partial charge in [-0.1, -0.05) is 18.9 Å². The molecule has 3 heterocycles. The van der Waals surface area contributed by atoms with Crippen LogP contribution in [0.3, 0.4) is 0 Å². The van der Waals surface area contributed by atoms with Crippen molar-refractivity contribution in [3.63, 3.8) is 0 Å². The van der Waals surface area contributed by atoms with Gasteiger partial charge in [0, 0.05) is 25.0 Å². The zero-order valence-corrected chi connectivity index (χ0v) is 14.0. The second-order valence-corrected chi connectivity index (χ2v) is 6.10. The molecule has 0 bridgehead atoms. The van der Waals surface area contributed by atoms with Gasteiger partial charge in [0.1, 0.15) is 5.69 Å². The third-order valence-electron chi connectivity index (χ3n) is 4.12. The molecule has 6 heteroatoms. The number of nitrogens with one attached hydrogen (secondary N) is 1. The Morgan fingerprint density at radius 1 is 1.17 bits per heavy atom. The van der Waals surface area contributed by atoms with Crippen molar-refractivity contribution < 1.29 is 4.79 Å². The van der Waals surface area contributed by atoms with Crippen LogP contribution in [-0.2, 0) is 6.54 Å². The number of hydrogen-bond acceptors (Lipinski definition) is 5. The number of aryl methyl sites for hydroxylation is 1. The predicted molar refractivity (Wildman–Crippen MR) is 92.7 cm³/mol. The Morgan fingerprint density at radius 2 is 1.96 bits per heavy atom. The summed E-state index contributed by atoms with van der Waals surface area (Å²) in [6.07, 6.45) is 6.29. The van der Waals surface area contributed by atoms with Gasteiger partial charge in [0.05, 0.1) is 12.2 Å². The molecule has 0 unspecified atom stereocenters. The van der Waals surface area contributed by atoms with E-state index in [1.807, 2.05) is 30.0 Å². The summed E-state index contributed by atoms with van der Waals surface area (Å²) in [5.41, 5.74) is 2.16. The second kappa shape index (κ2) is 7.86. The SMILES string of the molecule is Cc1cc(C(=O)N2CCCCCC2)nc(NCc2ccccn2)n1. The Kier molecular flexibility index (Phi) is 5.36. The van der Waals surface area contributed by atoms with Gasteiger partial charge in [-0.25, -0.2) is 9.97 Å². The van der Waals surface area contributed by atoms with E-state index in [1.165, 1.54) is 12.8 Å². The van der Waals surface area contributed by atoms with Gasteiger partial charge in [0.2, 0.25) is 5.95 Å². The fraction of sp³-hybridized carbons (Fsp3) is 0.444. The number of rotatable bonds is 4. The van der Waals surface area contributed by atoms with Crippen LogP contribution >= 0.6 is 0 Å². The highest BCUT2D eigenvalue weighted by molar-refractivity contribution is 5.92. The summed E-state index contributed by atoms with van der Waals surface area (Å²) in [5, 5.41) is 3.16. The van der Waals surface area contributed by atoms with Gasteiger partial charge in [0.15, 0.2) is 0 Å². The van der Waals surface area contributed by atoms with E-state index in [4.69, 9.17) is 0 Å². The van der Waals surface area contributed by atoms with Gasteiger partial charge >= 0.3 is 0 Å². The number of hydrogen-bond donors (Lipinski definition) is 1. The molecule has 1 aliphatic rings. The molecule has 2 aromatic rings. The van der Waals surface area contributed by atoms with E-state index < -0.39 is 0 Å². The van der Waals surface area contributed by atoms with E-state index in [1.54, 1.807) is 12.3 Å². The molecular weight excluding hydrogens is 302 g/mol. The summed E-state index contributed by atoms with van der Waals surface area (Å²) in [7, 11) is 0. The number of amides is 1. The van der Waals surface area contributed by atoms with Gasteiger partial charge < -0.3 is 10.2 Å². The summed E-state index contributed by atoms with van der Waals surface area (Å²) >= 11 is 0. The third kappa shape index (κ3) is 4.28. The minimum atomic E-state index is 0.00304. The molecule has 0 aromatic carbocycles.